The minimum absolute atomic E-state index is 0.321. The molecular formula is C11H19ClN2O. The number of nitrogens with two attached hydrogens (primary N) is 1. The van der Waals surface area contributed by atoms with Gasteiger partial charge in [-0.2, -0.15) is 0 Å². The number of hydrogen-bond acceptors (Lipinski definition) is 3. The molecule has 15 heavy (non-hydrogen) atoms. The summed E-state index contributed by atoms with van der Waals surface area (Å²) in [5.74, 6) is 0. The van der Waals surface area contributed by atoms with E-state index in [0.29, 0.717) is 13.1 Å². The molecule has 1 aliphatic heterocycles. The van der Waals surface area contributed by atoms with Crippen molar-refractivity contribution >= 4 is 11.6 Å². The number of hydrogen-bond donors (Lipinski definition) is 2. The van der Waals surface area contributed by atoms with Crippen LogP contribution in [0.4, 0.5) is 0 Å². The molecule has 3 N–H and O–H groups in total. The summed E-state index contributed by atoms with van der Waals surface area (Å²) in [5, 5.41) is 10.7. The Morgan fingerprint density at radius 2 is 2.20 bits per heavy atom. The third-order valence-corrected chi connectivity index (χ3v) is 2.89. The average molecular weight is 231 g/mol. The lowest BCUT2D eigenvalue weighted by molar-refractivity contribution is 0.0616. The zero-order valence-corrected chi connectivity index (χ0v) is 10.1. The van der Waals surface area contributed by atoms with Crippen LogP contribution in [0, 0.1) is 0 Å². The van der Waals surface area contributed by atoms with Crippen molar-refractivity contribution in [3.05, 3.63) is 22.9 Å². The molecule has 0 aromatic carbocycles. The second-order valence-electron chi connectivity index (χ2n) is 4.16. The van der Waals surface area contributed by atoms with E-state index in [1.54, 1.807) is 0 Å². The van der Waals surface area contributed by atoms with Crippen molar-refractivity contribution < 1.29 is 5.11 Å². The molecule has 0 aliphatic carbocycles. The predicted octanol–water partition coefficient (Wildman–Crippen LogP) is 1.43. The molecule has 0 saturated carbocycles. The molecule has 0 spiro atoms. The lowest BCUT2D eigenvalue weighted by Gasteiger charge is -2.23. The number of nitrogens with zero attached hydrogens (tertiary/aromatic N) is 1. The van der Waals surface area contributed by atoms with E-state index < -0.39 is 5.60 Å². The van der Waals surface area contributed by atoms with Crippen molar-refractivity contribution in [2.24, 2.45) is 5.73 Å². The van der Waals surface area contributed by atoms with Crippen molar-refractivity contribution in [1.82, 2.24) is 4.90 Å². The Morgan fingerprint density at radius 1 is 1.53 bits per heavy atom. The average Bonchev–Trinajstić information content (AvgIpc) is 2.58. The van der Waals surface area contributed by atoms with Crippen molar-refractivity contribution in [1.29, 1.82) is 0 Å². The first-order valence-electron chi connectivity index (χ1n) is 5.15. The van der Waals surface area contributed by atoms with Crippen molar-refractivity contribution in [2.45, 2.75) is 25.9 Å². The lowest BCUT2D eigenvalue weighted by atomic mass is 10.0. The third-order valence-electron chi connectivity index (χ3n) is 2.77. The highest BCUT2D eigenvalue weighted by atomic mass is 35.5. The second-order valence-corrected chi connectivity index (χ2v) is 4.76. The van der Waals surface area contributed by atoms with Gasteiger partial charge in [0.1, 0.15) is 0 Å². The standard InChI is InChI=1S/C11H19ClN2O/c1-9(12)3-4-10(2)14-6-5-11(15,7-13)8-14/h3-4,15H,5-8,13H2,1-2H3/b9-3+,10-4+/t11-/m0/s1. The molecule has 0 amide bonds. The number of aliphatic hydroxyl groups is 1. The molecule has 0 aromatic heterocycles. The molecule has 1 rings (SSSR count). The Labute approximate surface area is 96.2 Å². The fourth-order valence-electron chi connectivity index (χ4n) is 1.66. The summed E-state index contributed by atoms with van der Waals surface area (Å²) in [6, 6.07) is 0. The fraction of sp³-hybridized carbons (Fsp3) is 0.636. The maximum absolute atomic E-state index is 9.96. The van der Waals surface area contributed by atoms with Crippen LogP contribution in [0.3, 0.4) is 0 Å². The van der Waals surface area contributed by atoms with Crippen molar-refractivity contribution in [3.63, 3.8) is 0 Å². The summed E-state index contributed by atoms with van der Waals surface area (Å²) >= 11 is 5.74. The Kier molecular flexibility index (Phi) is 4.20. The second kappa shape index (κ2) is 5.01. The van der Waals surface area contributed by atoms with Gasteiger partial charge in [0, 0.05) is 30.4 Å². The topological polar surface area (TPSA) is 49.5 Å². The first-order chi connectivity index (χ1) is 6.97. The van der Waals surface area contributed by atoms with Crippen LogP contribution in [0.25, 0.3) is 0 Å². The molecule has 0 radical (unpaired) electrons. The summed E-state index contributed by atoms with van der Waals surface area (Å²) in [5.41, 5.74) is 5.92. The molecule has 1 fully saturated rings. The monoisotopic (exact) mass is 230 g/mol. The Hall–Kier alpha value is -0.510. The summed E-state index contributed by atoms with van der Waals surface area (Å²) in [4.78, 5) is 2.13. The van der Waals surface area contributed by atoms with Crippen LogP contribution < -0.4 is 5.73 Å². The van der Waals surface area contributed by atoms with Gasteiger partial charge in [-0.1, -0.05) is 11.6 Å². The Morgan fingerprint density at radius 3 is 2.67 bits per heavy atom. The summed E-state index contributed by atoms with van der Waals surface area (Å²) in [6.07, 6.45) is 4.56. The van der Waals surface area contributed by atoms with E-state index in [2.05, 4.69) is 4.90 Å². The van der Waals surface area contributed by atoms with Gasteiger partial charge in [-0.3, -0.25) is 0 Å². The smallest absolute Gasteiger partial charge is 0.0959 e. The fourth-order valence-corrected chi connectivity index (χ4v) is 1.73. The number of rotatable bonds is 3. The van der Waals surface area contributed by atoms with Gasteiger partial charge in [0.2, 0.25) is 0 Å². The van der Waals surface area contributed by atoms with E-state index in [1.165, 1.54) is 0 Å². The largest absolute Gasteiger partial charge is 0.387 e. The van der Waals surface area contributed by atoms with Crippen LogP contribution in [-0.4, -0.2) is 35.2 Å². The van der Waals surface area contributed by atoms with Crippen LogP contribution in [-0.2, 0) is 0 Å². The summed E-state index contributed by atoms with van der Waals surface area (Å²) < 4.78 is 0. The molecule has 86 valence electrons. The van der Waals surface area contributed by atoms with Gasteiger partial charge >= 0.3 is 0 Å². The SMILES string of the molecule is C/C(Cl)=C\C=C(/C)N1CC[C@](O)(CN)C1. The molecule has 0 bridgehead atoms. The molecule has 1 heterocycles. The molecule has 3 nitrogen and oxygen atoms in total. The van der Waals surface area contributed by atoms with Gasteiger partial charge in [0.25, 0.3) is 0 Å². The predicted molar refractivity (Wildman–Crippen MR) is 63.6 cm³/mol. The van der Waals surface area contributed by atoms with Gasteiger partial charge < -0.3 is 15.7 Å². The zero-order valence-electron chi connectivity index (χ0n) is 9.33. The highest BCUT2D eigenvalue weighted by Crippen LogP contribution is 2.23. The normalized spacial score (nSPS) is 28.7. The summed E-state index contributed by atoms with van der Waals surface area (Å²) in [6.45, 7) is 5.64. The maximum atomic E-state index is 9.96. The van der Waals surface area contributed by atoms with Gasteiger partial charge in [-0.05, 0) is 32.4 Å². The Bertz CT molecular complexity index is 284. The number of β-amino-alcohol motifs (C(OH)–C–C–N with tert-alkyl or cyclic N) is 1. The first-order valence-corrected chi connectivity index (χ1v) is 5.53. The number of likely N-dealkylation sites (tertiary alicyclic amines) is 1. The zero-order chi connectivity index (χ0) is 11.5. The van der Waals surface area contributed by atoms with Crippen LogP contribution in [0.15, 0.2) is 22.9 Å². The first kappa shape index (κ1) is 12.6. The molecule has 1 atom stereocenters. The van der Waals surface area contributed by atoms with Gasteiger partial charge in [-0.15, -0.1) is 0 Å². The van der Waals surface area contributed by atoms with Crippen molar-refractivity contribution in [3.8, 4) is 0 Å². The molecule has 0 unspecified atom stereocenters. The lowest BCUT2D eigenvalue weighted by Crippen LogP contribution is -2.40. The van der Waals surface area contributed by atoms with E-state index in [1.807, 2.05) is 26.0 Å². The van der Waals surface area contributed by atoms with E-state index >= 15 is 0 Å². The van der Waals surface area contributed by atoms with Crippen LogP contribution in [0.5, 0.6) is 0 Å². The van der Waals surface area contributed by atoms with E-state index in [-0.39, 0.29) is 0 Å². The van der Waals surface area contributed by atoms with Crippen LogP contribution in [0.2, 0.25) is 0 Å². The summed E-state index contributed by atoms with van der Waals surface area (Å²) in [7, 11) is 0. The number of halogens is 1. The van der Waals surface area contributed by atoms with E-state index in [0.717, 1.165) is 23.7 Å². The Balaban J connectivity index is 2.61. The maximum Gasteiger partial charge on any atom is 0.0959 e. The molecule has 0 aromatic rings. The van der Waals surface area contributed by atoms with E-state index in [9.17, 15) is 5.11 Å². The quantitative estimate of drug-likeness (QED) is 0.722. The third kappa shape index (κ3) is 3.52. The molecular weight excluding hydrogens is 212 g/mol. The molecule has 1 aliphatic rings. The molecule has 1 saturated heterocycles. The highest BCUT2D eigenvalue weighted by Gasteiger charge is 2.34. The van der Waals surface area contributed by atoms with Crippen LogP contribution >= 0.6 is 11.6 Å². The van der Waals surface area contributed by atoms with Crippen LogP contribution in [0.1, 0.15) is 20.3 Å². The van der Waals surface area contributed by atoms with Gasteiger partial charge in [-0.25, -0.2) is 0 Å². The minimum Gasteiger partial charge on any atom is -0.387 e. The highest BCUT2D eigenvalue weighted by molar-refractivity contribution is 6.29. The van der Waals surface area contributed by atoms with E-state index in [4.69, 9.17) is 17.3 Å². The minimum atomic E-state index is -0.713. The molecule has 4 heteroatoms. The van der Waals surface area contributed by atoms with Gasteiger partial charge in [0.05, 0.1) is 5.60 Å². The van der Waals surface area contributed by atoms with Gasteiger partial charge in [0.15, 0.2) is 0 Å². The number of allylic oxidation sites excluding steroid dienone is 4. The van der Waals surface area contributed by atoms with Crippen molar-refractivity contribution in [2.75, 3.05) is 19.6 Å².